The van der Waals surface area contributed by atoms with E-state index in [1.165, 1.54) is 0 Å². The lowest BCUT2D eigenvalue weighted by atomic mass is 9.98. The predicted molar refractivity (Wildman–Crippen MR) is 134 cm³/mol. The summed E-state index contributed by atoms with van der Waals surface area (Å²) in [6.07, 6.45) is 4.47. The maximum atomic E-state index is 9.25. The summed E-state index contributed by atoms with van der Waals surface area (Å²) < 4.78 is 22.8. The van der Waals surface area contributed by atoms with Crippen LogP contribution in [0, 0.1) is 0 Å². The van der Waals surface area contributed by atoms with Crippen LogP contribution in [0.5, 0.6) is 11.5 Å². The molecule has 0 saturated carbocycles. The molecule has 9 heteroatoms. The molecule has 1 heterocycles. The maximum absolute atomic E-state index is 9.25. The number of nitrogens with zero attached hydrogens (tertiary/aromatic N) is 1. The van der Waals surface area contributed by atoms with Crippen molar-refractivity contribution in [1.82, 2.24) is 4.98 Å². The average molecular weight is 475 g/mol. The van der Waals surface area contributed by atoms with Gasteiger partial charge in [0, 0.05) is 37.1 Å². The third-order valence-electron chi connectivity index (χ3n) is 6.09. The van der Waals surface area contributed by atoms with Crippen LogP contribution in [0.3, 0.4) is 0 Å². The van der Waals surface area contributed by atoms with E-state index in [1.54, 1.807) is 19.5 Å². The van der Waals surface area contributed by atoms with Crippen molar-refractivity contribution in [3.05, 3.63) is 42.2 Å². The highest BCUT2D eigenvalue weighted by atomic mass is 28.4. The first kappa shape index (κ1) is 27.3. The summed E-state index contributed by atoms with van der Waals surface area (Å²) >= 11 is 0. The Bertz CT molecular complexity index is 887. The number of pyridine rings is 1. The lowest BCUT2D eigenvalue weighted by Gasteiger charge is -2.37. The molecular formula is C24H38BNO6Si. The van der Waals surface area contributed by atoms with Crippen molar-refractivity contribution < 1.29 is 28.6 Å². The molecule has 0 bridgehead atoms. The van der Waals surface area contributed by atoms with Gasteiger partial charge in [0.1, 0.15) is 0 Å². The van der Waals surface area contributed by atoms with Crippen molar-refractivity contribution >= 4 is 15.6 Å². The van der Waals surface area contributed by atoms with Gasteiger partial charge in [0.2, 0.25) is 0 Å². The summed E-state index contributed by atoms with van der Waals surface area (Å²) in [5, 5.41) is 18.6. The Labute approximate surface area is 199 Å². The van der Waals surface area contributed by atoms with Crippen LogP contribution in [0.15, 0.2) is 36.7 Å². The molecule has 1 atom stereocenters. The fourth-order valence-corrected chi connectivity index (χ4v) is 4.04. The molecule has 0 aliphatic heterocycles. The first-order chi connectivity index (χ1) is 15.5. The second-order valence-electron chi connectivity index (χ2n) is 9.65. The molecule has 1 aromatic heterocycles. The second kappa shape index (κ2) is 12.0. The number of benzene rings is 1. The Morgan fingerprint density at radius 2 is 1.76 bits per heavy atom. The Hall–Kier alpha value is -1.91. The van der Waals surface area contributed by atoms with E-state index < -0.39 is 15.6 Å². The molecule has 1 aromatic carbocycles. The fourth-order valence-electron chi connectivity index (χ4n) is 2.99. The molecular weight excluding hydrogens is 437 g/mol. The SMILES string of the molecule is CCCOc1cc(-c2cncc([C@@H](COB(O)O)CO[Si](C)(C)C(C)(C)C)c2)ccc1OC. The van der Waals surface area contributed by atoms with Gasteiger partial charge in [-0.2, -0.15) is 0 Å². The van der Waals surface area contributed by atoms with Crippen LogP contribution in [0.2, 0.25) is 18.1 Å². The van der Waals surface area contributed by atoms with Gasteiger partial charge >= 0.3 is 7.32 Å². The van der Waals surface area contributed by atoms with E-state index in [4.69, 9.17) is 18.6 Å². The molecule has 0 radical (unpaired) electrons. The maximum Gasteiger partial charge on any atom is 0.633 e. The molecule has 2 rings (SSSR count). The first-order valence-electron chi connectivity index (χ1n) is 11.4. The number of hydrogen-bond acceptors (Lipinski definition) is 7. The minimum Gasteiger partial charge on any atom is -0.493 e. The monoisotopic (exact) mass is 475 g/mol. The molecule has 0 saturated heterocycles. The summed E-state index contributed by atoms with van der Waals surface area (Å²) in [6, 6.07) is 7.83. The molecule has 0 amide bonds. The third kappa shape index (κ3) is 7.82. The number of hydrogen-bond donors (Lipinski definition) is 2. The summed E-state index contributed by atoms with van der Waals surface area (Å²) in [6.45, 7) is 14.1. The first-order valence-corrected chi connectivity index (χ1v) is 14.3. The molecule has 0 fully saturated rings. The zero-order valence-corrected chi connectivity index (χ0v) is 21.9. The van der Waals surface area contributed by atoms with Gasteiger partial charge in [0.25, 0.3) is 0 Å². The van der Waals surface area contributed by atoms with E-state index in [1.807, 2.05) is 24.3 Å². The summed E-state index contributed by atoms with van der Waals surface area (Å²) in [5.41, 5.74) is 2.76. The van der Waals surface area contributed by atoms with E-state index in [2.05, 4.69) is 45.8 Å². The molecule has 2 aromatic rings. The van der Waals surface area contributed by atoms with Crippen LogP contribution in [0.25, 0.3) is 11.1 Å². The topological polar surface area (TPSA) is 90.3 Å². The van der Waals surface area contributed by atoms with Gasteiger partial charge in [-0.1, -0.05) is 33.8 Å². The molecule has 182 valence electrons. The Kier molecular flexibility index (Phi) is 9.93. The van der Waals surface area contributed by atoms with E-state index in [-0.39, 0.29) is 17.6 Å². The molecule has 7 nitrogen and oxygen atoms in total. The predicted octanol–water partition coefficient (Wildman–Crippen LogP) is 4.64. The molecule has 33 heavy (non-hydrogen) atoms. The number of rotatable bonds is 12. The molecule has 2 N–H and O–H groups in total. The zero-order chi connectivity index (χ0) is 24.6. The van der Waals surface area contributed by atoms with Gasteiger partial charge in [-0.15, -0.1) is 0 Å². The van der Waals surface area contributed by atoms with E-state index in [0.29, 0.717) is 24.7 Å². The van der Waals surface area contributed by atoms with E-state index in [0.717, 1.165) is 23.1 Å². The fraction of sp³-hybridized carbons (Fsp3) is 0.542. The van der Waals surface area contributed by atoms with Gasteiger partial charge in [0.05, 0.1) is 13.7 Å². The smallest absolute Gasteiger partial charge is 0.493 e. The van der Waals surface area contributed by atoms with Gasteiger partial charge < -0.3 is 28.6 Å². The highest BCUT2D eigenvalue weighted by Crippen LogP contribution is 2.38. The van der Waals surface area contributed by atoms with Crippen LogP contribution >= 0.6 is 0 Å². The summed E-state index contributed by atoms with van der Waals surface area (Å²) in [4.78, 5) is 4.44. The van der Waals surface area contributed by atoms with E-state index >= 15 is 0 Å². The highest BCUT2D eigenvalue weighted by Gasteiger charge is 2.37. The van der Waals surface area contributed by atoms with Crippen LogP contribution in [-0.2, 0) is 9.08 Å². The van der Waals surface area contributed by atoms with Crippen LogP contribution in [0.4, 0.5) is 0 Å². The quantitative estimate of drug-likeness (QED) is 0.433. The second-order valence-corrected chi connectivity index (χ2v) is 14.5. The summed E-state index contributed by atoms with van der Waals surface area (Å²) in [5.74, 6) is 1.16. The largest absolute Gasteiger partial charge is 0.633 e. The van der Waals surface area contributed by atoms with Crippen molar-refractivity contribution in [3.8, 4) is 22.6 Å². The Balaban J connectivity index is 2.33. The van der Waals surface area contributed by atoms with Crippen molar-refractivity contribution in [2.75, 3.05) is 26.9 Å². The van der Waals surface area contributed by atoms with Crippen molar-refractivity contribution in [1.29, 1.82) is 0 Å². The van der Waals surface area contributed by atoms with Crippen molar-refractivity contribution in [2.24, 2.45) is 0 Å². The number of ether oxygens (including phenoxy) is 2. The molecule has 0 aliphatic rings. The van der Waals surface area contributed by atoms with Crippen LogP contribution in [0.1, 0.15) is 45.6 Å². The number of methoxy groups -OCH3 is 1. The highest BCUT2D eigenvalue weighted by molar-refractivity contribution is 6.74. The summed E-state index contributed by atoms with van der Waals surface area (Å²) in [7, 11) is -2.21. The van der Waals surface area contributed by atoms with Crippen molar-refractivity contribution in [2.45, 2.75) is 58.2 Å². The third-order valence-corrected chi connectivity index (χ3v) is 10.6. The zero-order valence-electron chi connectivity index (χ0n) is 20.9. The average Bonchev–Trinajstić information content (AvgIpc) is 2.76. The molecule has 0 unspecified atom stereocenters. The lowest BCUT2D eigenvalue weighted by Crippen LogP contribution is -2.42. The van der Waals surface area contributed by atoms with E-state index in [9.17, 15) is 10.0 Å². The lowest BCUT2D eigenvalue weighted by molar-refractivity contribution is 0.149. The molecule has 0 aliphatic carbocycles. The van der Waals surface area contributed by atoms with Gasteiger partial charge in [0.15, 0.2) is 19.8 Å². The Morgan fingerprint density at radius 3 is 2.36 bits per heavy atom. The normalized spacial score (nSPS) is 13.0. The van der Waals surface area contributed by atoms with Gasteiger partial charge in [-0.25, -0.2) is 0 Å². The minimum atomic E-state index is -2.00. The van der Waals surface area contributed by atoms with Crippen molar-refractivity contribution in [3.63, 3.8) is 0 Å². The minimum absolute atomic E-state index is 0.0625. The van der Waals surface area contributed by atoms with Crippen LogP contribution < -0.4 is 9.47 Å². The molecule has 0 spiro atoms. The standard InChI is InChI=1S/C24H38BNO6Si/c1-8-11-30-23-13-18(9-10-22(23)29-5)19-12-20(15-26-14-19)21(16-31-25(27)28)17-32-33(6,7)24(2,3)4/h9-10,12-15,21,27-28H,8,11,16-17H2,1-7H3/t21-/m0/s1. The Morgan fingerprint density at radius 1 is 1.03 bits per heavy atom. The number of aromatic nitrogens is 1. The van der Waals surface area contributed by atoms with Crippen LogP contribution in [-0.4, -0.2) is 57.6 Å². The van der Waals surface area contributed by atoms with Gasteiger partial charge in [-0.3, -0.25) is 4.98 Å². The van der Waals surface area contributed by atoms with Gasteiger partial charge in [-0.05, 0) is 53.9 Å².